The first-order valence-corrected chi connectivity index (χ1v) is 6.01. The van der Waals surface area contributed by atoms with Crippen LogP contribution in [-0.2, 0) is 0 Å². The van der Waals surface area contributed by atoms with Gasteiger partial charge < -0.3 is 10.6 Å². The first kappa shape index (κ1) is 12.4. The van der Waals surface area contributed by atoms with Gasteiger partial charge in [-0.3, -0.25) is 4.98 Å². The van der Waals surface area contributed by atoms with Crippen molar-refractivity contribution >= 4 is 5.95 Å². The zero-order chi connectivity index (χ0) is 12.6. The summed E-state index contributed by atoms with van der Waals surface area (Å²) in [6.45, 7) is 1.86. The molecular formula is C13H17N5. The standard InChI is InChI=1S/C13H17N5/c1-14-5-3-7-16-13-17-9-12(10-18-13)11-4-2-6-15-8-11/h2,4,6,8-10,14H,3,5,7H2,1H3,(H,16,17,18). The Hall–Kier alpha value is -2.01. The average molecular weight is 243 g/mol. The van der Waals surface area contributed by atoms with Crippen molar-refractivity contribution in [2.24, 2.45) is 0 Å². The lowest BCUT2D eigenvalue weighted by Crippen LogP contribution is -2.13. The van der Waals surface area contributed by atoms with Crippen LogP contribution < -0.4 is 10.6 Å². The summed E-state index contributed by atoms with van der Waals surface area (Å²) in [7, 11) is 1.94. The van der Waals surface area contributed by atoms with Crippen molar-refractivity contribution in [3.05, 3.63) is 36.9 Å². The van der Waals surface area contributed by atoms with Crippen molar-refractivity contribution in [2.45, 2.75) is 6.42 Å². The van der Waals surface area contributed by atoms with Crippen molar-refractivity contribution in [3.63, 3.8) is 0 Å². The molecule has 18 heavy (non-hydrogen) atoms. The highest BCUT2D eigenvalue weighted by Crippen LogP contribution is 2.15. The molecular weight excluding hydrogens is 226 g/mol. The lowest BCUT2D eigenvalue weighted by atomic mass is 10.2. The third kappa shape index (κ3) is 3.49. The Morgan fingerprint density at radius 1 is 1.06 bits per heavy atom. The van der Waals surface area contributed by atoms with E-state index in [0.717, 1.165) is 30.6 Å². The van der Waals surface area contributed by atoms with Gasteiger partial charge in [0.25, 0.3) is 0 Å². The topological polar surface area (TPSA) is 62.7 Å². The zero-order valence-corrected chi connectivity index (χ0v) is 10.4. The molecule has 2 N–H and O–H groups in total. The molecule has 0 bridgehead atoms. The van der Waals surface area contributed by atoms with Crippen molar-refractivity contribution in [1.82, 2.24) is 20.3 Å². The van der Waals surface area contributed by atoms with Crippen LogP contribution in [0.25, 0.3) is 11.1 Å². The summed E-state index contributed by atoms with van der Waals surface area (Å²) >= 11 is 0. The summed E-state index contributed by atoms with van der Waals surface area (Å²) in [6.07, 6.45) is 8.22. The molecule has 0 spiro atoms. The van der Waals surface area contributed by atoms with E-state index in [1.54, 1.807) is 12.4 Å². The number of hydrogen-bond acceptors (Lipinski definition) is 5. The van der Waals surface area contributed by atoms with Gasteiger partial charge >= 0.3 is 0 Å². The Balaban J connectivity index is 1.94. The Morgan fingerprint density at radius 3 is 2.56 bits per heavy atom. The second-order valence-electron chi connectivity index (χ2n) is 3.92. The Bertz CT molecular complexity index is 455. The van der Waals surface area contributed by atoms with Gasteiger partial charge in [-0.2, -0.15) is 0 Å². The minimum Gasteiger partial charge on any atom is -0.354 e. The second kappa shape index (κ2) is 6.66. The summed E-state index contributed by atoms with van der Waals surface area (Å²) < 4.78 is 0. The van der Waals surface area contributed by atoms with Gasteiger partial charge in [-0.15, -0.1) is 0 Å². The molecule has 0 aliphatic heterocycles. The molecule has 94 valence electrons. The number of aromatic nitrogens is 3. The molecule has 2 heterocycles. The SMILES string of the molecule is CNCCCNc1ncc(-c2cccnc2)cn1. The number of rotatable bonds is 6. The van der Waals surface area contributed by atoms with E-state index in [4.69, 9.17) is 0 Å². The molecule has 0 amide bonds. The first-order chi connectivity index (χ1) is 8.90. The summed E-state index contributed by atoms with van der Waals surface area (Å²) in [5.41, 5.74) is 2.00. The minimum absolute atomic E-state index is 0.666. The normalized spacial score (nSPS) is 10.3. The van der Waals surface area contributed by atoms with Gasteiger partial charge in [-0.25, -0.2) is 9.97 Å². The molecule has 0 saturated carbocycles. The fraction of sp³-hybridized carbons (Fsp3) is 0.308. The number of pyridine rings is 1. The van der Waals surface area contributed by atoms with Crippen LogP contribution in [-0.4, -0.2) is 35.1 Å². The van der Waals surface area contributed by atoms with Gasteiger partial charge in [0.1, 0.15) is 0 Å². The summed E-state index contributed by atoms with van der Waals surface area (Å²) in [5.74, 6) is 0.666. The maximum Gasteiger partial charge on any atom is 0.222 e. The molecule has 0 radical (unpaired) electrons. The molecule has 2 rings (SSSR count). The van der Waals surface area contributed by atoms with E-state index in [1.165, 1.54) is 0 Å². The number of nitrogens with zero attached hydrogens (tertiary/aromatic N) is 3. The molecule has 0 unspecified atom stereocenters. The van der Waals surface area contributed by atoms with Crippen molar-refractivity contribution in [1.29, 1.82) is 0 Å². The Morgan fingerprint density at radius 2 is 1.89 bits per heavy atom. The fourth-order valence-corrected chi connectivity index (χ4v) is 1.57. The van der Waals surface area contributed by atoms with Crippen molar-refractivity contribution in [3.8, 4) is 11.1 Å². The Kier molecular flexibility index (Phi) is 4.60. The molecule has 5 nitrogen and oxygen atoms in total. The van der Waals surface area contributed by atoms with E-state index >= 15 is 0 Å². The van der Waals surface area contributed by atoms with Crippen LogP contribution in [0.5, 0.6) is 0 Å². The van der Waals surface area contributed by atoms with Crippen LogP contribution in [0.2, 0.25) is 0 Å². The molecule has 5 heteroatoms. The number of hydrogen-bond donors (Lipinski definition) is 2. The second-order valence-corrected chi connectivity index (χ2v) is 3.92. The van der Waals surface area contributed by atoms with Crippen LogP contribution >= 0.6 is 0 Å². The van der Waals surface area contributed by atoms with Crippen LogP contribution in [0.4, 0.5) is 5.95 Å². The smallest absolute Gasteiger partial charge is 0.222 e. The molecule has 2 aromatic heterocycles. The predicted molar refractivity (Wildman–Crippen MR) is 72.3 cm³/mol. The van der Waals surface area contributed by atoms with E-state index in [1.807, 2.05) is 31.6 Å². The third-order valence-electron chi connectivity index (χ3n) is 2.53. The van der Waals surface area contributed by atoms with E-state index in [2.05, 4.69) is 25.6 Å². The van der Waals surface area contributed by atoms with E-state index in [9.17, 15) is 0 Å². The van der Waals surface area contributed by atoms with E-state index < -0.39 is 0 Å². The maximum absolute atomic E-state index is 4.28. The third-order valence-corrected chi connectivity index (χ3v) is 2.53. The van der Waals surface area contributed by atoms with Crippen LogP contribution in [0.15, 0.2) is 36.9 Å². The van der Waals surface area contributed by atoms with Crippen LogP contribution in [0, 0.1) is 0 Å². The maximum atomic E-state index is 4.28. The zero-order valence-electron chi connectivity index (χ0n) is 10.4. The quantitative estimate of drug-likeness (QED) is 0.754. The molecule has 0 aliphatic rings. The van der Waals surface area contributed by atoms with Crippen LogP contribution in [0.1, 0.15) is 6.42 Å². The first-order valence-electron chi connectivity index (χ1n) is 6.01. The van der Waals surface area contributed by atoms with Gasteiger partial charge in [0.05, 0.1) is 0 Å². The molecule has 0 saturated heterocycles. The highest BCUT2D eigenvalue weighted by molar-refractivity contribution is 5.60. The van der Waals surface area contributed by atoms with Crippen molar-refractivity contribution in [2.75, 3.05) is 25.5 Å². The molecule has 0 aliphatic carbocycles. The highest BCUT2D eigenvalue weighted by atomic mass is 15.1. The van der Waals surface area contributed by atoms with E-state index in [0.29, 0.717) is 5.95 Å². The van der Waals surface area contributed by atoms with Crippen molar-refractivity contribution < 1.29 is 0 Å². The van der Waals surface area contributed by atoms with Gasteiger partial charge in [0.2, 0.25) is 5.95 Å². The summed E-state index contributed by atoms with van der Waals surface area (Å²) in [4.78, 5) is 12.6. The lowest BCUT2D eigenvalue weighted by molar-refractivity contribution is 0.745. The average Bonchev–Trinajstić information content (AvgIpc) is 2.45. The largest absolute Gasteiger partial charge is 0.354 e. The Labute approximate surface area is 107 Å². The minimum atomic E-state index is 0.666. The van der Waals surface area contributed by atoms with E-state index in [-0.39, 0.29) is 0 Å². The van der Waals surface area contributed by atoms with Gasteiger partial charge in [-0.05, 0) is 26.1 Å². The number of anilines is 1. The van der Waals surface area contributed by atoms with Gasteiger partial charge in [-0.1, -0.05) is 6.07 Å². The summed E-state index contributed by atoms with van der Waals surface area (Å²) in [6, 6.07) is 3.89. The molecule has 0 fully saturated rings. The molecule has 0 atom stereocenters. The lowest BCUT2D eigenvalue weighted by Gasteiger charge is -2.05. The molecule has 2 aromatic rings. The number of nitrogens with one attached hydrogen (secondary N) is 2. The molecule has 0 aromatic carbocycles. The monoisotopic (exact) mass is 243 g/mol. The fourth-order valence-electron chi connectivity index (χ4n) is 1.57. The summed E-state index contributed by atoms with van der Waals surface area (Å²) in [5, 5.41) is 6.28. The predicted octanol–water partition coefficient (Wildman–Crippen LogP) is 1.56. The highest BCUT2D eigenvalue weighted by Gasteiger charge is 1.99. The van der Waals surface area contributed by atoms with Gasteiger partial charge in [0.15, 0.2) is 0 Å². The van der Waals surface area contributed by atoms with Gasteiger partial charge in [0, 0.05) is 42.5 Å². The van der Waals surface area contributed by atoms with Crippen LogP contribution in [0.3, 0.4) is 0 Å².